The molecule has 1 heterocycles. The van der Waals surface area contributed by atoms with Gasteiger partial charge in [-0.25, -0.2) is 0 Å². The fourth-order valence-corrected chi connectivity index (χ4v) is 2.25. The molecule has 2 nitrogen and oxygen atoms in total. The van der Waals surface area contributed by atoms with Crippen LogP contribution in [0.25, 0.3) is 11.3 Å². The van der Waals surface area contributed by atoms with Crippen LogP contribution < -0.4 is 5.73 Å². The smallest absolute Gasteiger partial charge is 0.328 e. The lowest BCUT2D eigenvalue weighted by Gasteiger charge is -2.10. The molecule has 2 rings (SSSR count). The van der Waals surface area contributed by atoms with Crippen LogP contribution in [0.15, 0.2) is 36.5 Å². The molecular weight excluding hydrogens is 301 g/mol. The Labute approximate surface area is 125 Å². The molecule has 0 aliphatic carbocycles. The number of benzene rings is 1. The van der Waals surface area contributed by atoms with Crippen molar-refractivity contribution in [2.45, 2.75) is 25.6 Å². The minimum absolute atomic E-state index is 0.0234. The Morgan fingerprint density at radius 2 is 1.86 bits per heavy atom. The van der Waals surface area contributed by atoms with Gasteiger partial charge in [-0.05, 0) is 25.0 Å². The van der Waals surface area contributed by atoms with Crippen LogP contribution in [0.2, 0.25) is 5.02 Å². The molecule has 21 heavy (non-hydrogen) atoms. The van der Waals surface area contributed by atoms with E-state index in [2.05, 4.69) is 4.98 Å². The van der Waals surface area contributed by atoms with Crippen LogP contribution in [0.4, 0.5) is 13.2 Å². The maximum Gasteiger partial charge on any atom is 0.417 e. The average molecular weight is 315 g/mol. The zero-order valence-corrected chi connectivity index (χ0v) is 12.0. The van der Waals surface area contributed by atoms with Gasteiger partial charge in [-0.15, -0.1) is 0 Å². The Morgan fingerprint density at radius 3 is 2.33 bits per heavy atom. The Bertz CT molecular complexity index is 622. The van der Waals surface area contributed by atoms with Crippen molar-refractivity contribution in [3.63, 3.8) is 0 Å². The minimum atomic E-state index is -4.45. The van der Waals surface area contributed by atoms with Gasteiger partial charge in [-0.2, -0.15) is 13.2 Å². The summed E-state index contributed by atoms with van der Waals surface area (Å²) in [5, 5.41) is -0.0234. The van der Waals surface area contributed by atoms with E-state index in [0.717, 1.165) is 24.2 Å². The summed E-state index contributed by atoms with van der Waals surface area (Å²) < 4.78 is 37.7. The van der Waals surface area contributed by atoms with Gasteiger partial charge < -0.3 is 5.73 Å². The third-order valence-corrected chi connectivity index (χ3v) is 3.24. The Kier molecular flexibility index (Phi) is 4.54. The summed E-state index contributed by atoms with van der Waals surface area (Å²) in [6.45, 7) is 1.90. The molecule has 1 aromatic carbocycles. The van der Waals surface area contributed by atoms with Gasteiger partial charge in [0.1, 0.15) is 0 Å². The SMILES string of the molecule is CC(N)Cc1ccc(-c2ncc(C(F)(F)F)cc2Cl)cc1. The molecule has 0 fully saturated rings. The van der Waals surface area contributed by atoms with Crippen molar-refractivity contribution in [3.8, 4) is 11.3 Å². The second-order valence-electron chi connectivity index (χ2n) is 4.93. The van der Waals surface area contributed by atoms with Crippen molar-refractivity contribution in [3.05, 3.63) is 52.7 Å². The molecule has 6 heteroatoms. The van der Waals surface area contributed by atoms with Crippen LogP contribution in [0.3, 0.4) is 0 Å². The van der Waals surface area contributed by atoms with Gasteiger partial charge in [0, 0.05) is 17.8 Å². The standard InChI is InChI=1S/C15H14ClF3N2/c1-9(20)6-10-2-4-11(5-3-10)14-13(16)7-12(8-21-14)15(17,18)19/h2-5,7-9H,6,20H2,1H3. The van der Waals surface area contributed by atoms with E-state index in [9.17, 15) is 13.2 Å². The molecule has 0 aliphatic rings. The first-order valence-corrected chi connectivity index (χ1v) is 6.73. The van der Waals surface area contributed by atoms with Crippen molar-refractivity contribution >= 4 is 11.6 Å². The number of rotatable bonds is 3. The predicted molar refractivity (Wildman–Crippen MR) is 77.0 cm³/mol. The van der Waals surface area contributed by atoms with Crippen LogP contribution in [0, 0.1) is 0 Å². The average Bonchev–Trinajstić information content (AvgIpc) is 2.38. The number of alkyl halides is 3. The summed E-state index contributed by atoms with van der Waals surface area (Å²) in [6, 6.07) is 8.23. The third kappa shape index (κ3) is 3.95. The lowest BCUT2D eigenvalue weighted by molar-refractivity contribution is -0.137. The number of halogens is 4. The van der Waals surface area contributed by atoms with E-state index >= 15 is 0 Å². The van der Waals surface area contributed by atoms with E-state index in [4.69, 9.17) is 17.3 Å². The molecule has 0 bridgehead atoms. The first-order chi connectivity index (χ1) is 9.77. The maximum atomic E-state index is 12.6. The van der Waals surface area contributed by atoms with Gasteiger partial charge in [0.05, 0.1) is 16.3 Å². The molecule has 1 unspecified atom stereocenters. The molecule has 2 aromatic rings. The van der Waals surface area contributed by atoms with Gasteiger partial charge >= 0.3 is 6.18 Å². The van der Waals surface area contributed by atoms with E-state index in [1.807, 2.05) is 19.1 Å². The lowest BCUT2D eigenvalue weighted by Crippen LogP contribution is -2.17. The molecule has 0 saturated carbocycles. The molecule has 0 aliphatic heterocycles. The Balaban J connectivity index is 2.30. The first kappa shape index (κ1) is 15.8. The van der Waals surface area contributed by atoms with Crippen LogP contribution in [0.1, 0.15) is 18.1 Å². The highest BCUT2D eigenvalue weighted by molar-refractivity contribution is 6.33. The van der Waals surface area contributed by atoms with Crippen molar-refractivity contribution in [1.82, 2.24) is 4.98 Å². The fourth-order valence-electron chi connectivity index (χ4n) is 1.98. The summed E-state index contributed by atoms with van der Waals surface area (Å²) in [5.41, 5.74) is 6.91. The summed E-state index contributed by atoms with van der Waals surface area (Å²) in [6.07, 6.45) is -2.93. The normalized spacial score (nSPS) is 13.2. The second kappa shape index (κ2) is 6.03. The van der Waals surface area contributed by atoms with E-state index in [1.165, 1.54) is 0 Å². The molecule has 1 aromatic heterocycles. The van der Waals surface area contributed by atoms with E-state index in [-0.39, 0.29) is 11.1 Å². The quantitative estimate of drug-likeness (QED) is 0.917. The number of hydrogen-bond donors (Lipinski definition) is 1. The van der Waals surface area contributed by atoms with E-state index < -0.39 is 11.7 Å². The summed E-state index contributed by atoms with van der Waals surface area (Å²) in [4.78, 5) is 3.83. The number of hydrogen-bond acceptors (Lipinski definition) is 2. The highest BCUT2D eigenvalue weighted by atomic mass is 35.5. The molecular formula is C15H14ClF3N2. The lowest BCUT2D eigenvalue weighted by atomic mass is 10.0. The van der Waals surface area contributed by atoms with E-state index in [0.29, 0.717) is 11.3 Å². The second-order valence-corrected chi connectivity index (χ2v) is 5.34. The van der Waals surface area contributed by atoms with Crippen molar-refractivity contribution in [2.75, 3.05) is 0 Å². The zero-order chi connectivity index (χ0) is 15.6. The van der Waals surface area contributed by atoms with Crippen LogP contribution >= 0.6 is 11.6 Å². The highest BCUT2D eigenvalue weighted by Crippen LogP contribution is 2.34. The molecule has 0 saturated heterocycles. The Hall–Kier alpha value is -1.59. The highest BCUT2D eigenvalue weighted by Gasteiger charge is 2.31. The van der Waals surface area contributed by atoms with Crippen molar-refractivity contribution in [1.29, 1.82) is 0 Å². The summed E-state index contributed by atoms with van der Waals surface area (Å²) in [7, 11) is 0. The Morgan fingerprint density at radius 1 is 1.24 bits per heavy atom. The molecule has 2 N–H and O–H groups in total. The molecule has 0 radical (unpaired) electrons. The number of pyridine rings is 1. The van der Waals surface area contributed by atoms with Crippen molar-refractivity contribution in [2.24, 2.45) is 5.73 Å². The predicted octanol–water partition coefficient (Wildman–Crippen LogP) is 4.31. The monoisotopic (exact) mass is 314 g/mol. The van der Waals surface area contributed by atoms with Crippen LogP contribution in [0.5, 0.6) is 0 Å². The maximum absolute atomic E-state index is 12.6. The van der Waals surface area contributed by atoms with Gasteiger partial charge in [0.15, 0.2) is 0 Å². The first-order valence-electron chi connectivity index (χ1n) is 6.35. The van der Waals surface area contributed by atoms with Gasteiger partial charge in [0.2, 0.25) is 0 Å². The molecule has 0 amide bonds. The molecule has 0 spiro atoms. The molecule has 112 valence electrons. The third-order valence-electron chi connectivity index (χ3n) is 2.95. The van der Waals surface area contributed by atoms with Crippen molar-refractivity contribution < 1.29 is 13.2 Å². The van der Waals surface area contributed by atoms with E-state index in [1.54, 1.807) is 12.1 Å². The van der Waals surface area contributed by atoms with Gasteiger partial charge in [-0.1, -0.05) is 35.9 Å². The van der Waals surface area contributed by atoms with Crippen LogP contribution in [-0.4, -0.2) is 11.0 Å². The van der Waals surface area contributed by atoms with Gasteiger partial charge in [-0.3, -0.25) is 4.98 Å². The minimum Gasteiger partial charge on any atom is -0.328 e. The number of nitrogens with zero attached hydrogens (tertiary/aromatic N) is 1. The fraction of sp³-hybridized carbons (Fsp3) is 0.267. The number of aromatic nitrogens is 1. The van der Waals surface area contributed by atoms with Crippen LogP contribution in [-0.2, 0) is 12.6 Å². The largest absolute Gasteiger partial charge is 0.417 e. The number of nitrogens with two attached hydrogens (primary N) is 1. The zero-order valence-electron chi connectivity index (χ0n) is 11.3. The topological polar surface area (TPSA) is 38.9 Å². The van der Waals surface area contributed by atoms with Gasteiger partial charge in [0.25, 0.3) is 0 Å². The molecule has 1 atom stereocenters. The summed E-state index contributed by atoms with van der Waals surface area (Å²) in [5.74, 6) is 0. The summed E-state index contributed by atoms with van der Waals surface area (Å²) >= 11 is 5.91.